The maximum atomic E-state index is 12.8. The van der Waals surface area contributed by atoms with Gasteiger partial charge >= 0.3 is 0 Å². The van der Waals surface area contributed by atoms with Gasteiger partial charge in [0.1, 0.15) is 0 Å². The number of pyridine rings is 1. The molecule has 1 aromatic heterocycles. The molecule has 0 aliphatic carbocycles. The van der Waals surface area contributed by atoms with Gasteiger partial charge in [0.25, 0.3) is 14.2 Å². The number of nitrogens with zero attached hydrogens (tertiary/aromatic N) is 1. The molecule has 1 atom stereocenters. The molecule has 0 spiro atoms. The Morgan fingerprint density at radius 3 is 2.17 bits per heavy atom. The molecule has 2 aliphatic heterocycles. The number of ether oxygens (including phenoxy) is 1. The number of methoxy groups -OCH3 is 1. The number of aromatic nitrogens is 1. The van der Waals surface area contributed by atoms with Gasteiger partial charge in [-0.05, 0) is 34.7 Å². The first kappa shape index (κ1) is 24.5. The van der Waals surface area contributed by atoms with Crippen LogP contribution in [0.3, 0.4) is 0 Å². The third-order valence-corrected chi connectivity index (χ3v) is 12.9. The summed E-state index contributed by atoms with van der Waals surface area (Å²) in [6, 6.07) is 22.9. The minimum atomic E-state index is -2.67. The molecule has 36 heavy (non-hydrogen) atoms. The predicted molar refractivity (Wildman–Crippen MR) is 144 cm³/mol. The lowest BCUT2D eigenvalue weighted by Gasteiger charge is -2.44. The maximum absolute atomic E-state index is 12.8. The zero-order chi connectivity index (χ0) is 25.6. The second-order valence-corrected chi connectivity index (χ2v) is 15.2. The van der Waals surface area contributed by atoms with E-state index < -0.39 is 8.32 Å². The Bertz CT molecular complexity index is 1290. The highest BCUT2D eigenvalue weighted by Gasteiger charge is 2.51. The van der Waals surface area contributed by atoms with E-state index >= 15 is 0 Å². The third kappa shape index (κ3) is 3.73. The topological polar surface area (TPSA) is 69.6 Å². The van der Waals surface area contributed by atoms with Gasteiger partial charge in [0.05, 0.1) is 12.6 Å². The van der Waals surface area contributed by atoms with E-state index in [0.717, 1.165) is 25.0 Å². The van der Waals surface area contributed by atoms with Crippen LogP contribution in [0.1, 0.15) is 49.8 Å². The van der Waals surface area contributed by atoms with E-state index in [1.54, 1.807) is 6.07 Å². The Hall–Kier alpha value is -3.16. The SMILES string of the molecule is COc1c2n3c(cc1=O)CCC3(CCO[Si](c1ccccc1)(c1ccccc1)C(C)(C)C)CNC2=O. The normalized spacial score (nSPS) is 19.1. The van der Waals surface area contributed by atoms with Crippen LogP contribution in [0.25, 0.3) is 0 Å². The number of hydrogen-bond acceptors (Lipinski definition) is 4. The van der Waals surface area contributed by atoms with Crippen molar-refractivity contribution in [3.8, 4) is 5.75 Å². The molecule has 0 bridgehead atoms. The first-order valence-electron chi connectivity index (χ1n) is 12.6. The van der Waals surface area contributed by atoms with E-state index in [-0.39, 0.29) is 27.7 Å². The largest absolute Gasteiger partial charge is 0.491 e. The molecule has 1 N–H and O–H groups in total. The van der Waals surface area contributed by atoms with Crippen LogP contribution in [-0.2, 0) is 16.4 Å². The van der Waals surface area contributed by atoms with E-state index in [1.807, 2.05) is 12.1 Å². The highest BCUT2D eigenvalue weighted by Crippen LogP contribution is 2.41. The van der Waals surface area contributed by atoms with Gasteiger partial charge in [0.2, 0.25) is 5.43 Å². The number of benzene rings is 2. The molecule has 1 unspecified atom stereocenters. The quantitative estimate of drug-likeness (QED) is 0.504. The Balaban J connectivity index is 1.54. The summed E-state index contributed by atoms with van der Waals surface area (Å²) in [6.07, 6.45) is 2.32. The average molecular weight is 503 g/mol. The summed E-state index contributed by atoms with van der Waals surface area (Å²) in [5.74, 6) is -0.133. The second kappa shape index (κ2) is 9.05. The molecule has 6 nitrogen and oxygen atoms in total. The number of nitrogens with one attached hydrogen (secondary N) is 1. The first-order valence-corrected chi connectivity index (χ1v) is 14.5. The van der Waals surface area contributed by atoms with Gasteiger partial charge < -0.3 is 19.0 Å². The lowest BCUT2D eigenvalue weighted by molar-refractivity contribution is 0.0842. The molecule has 188 valence electrons. The van der Waals surface area contributed by atoms with Gasteiger partial charge in [0.15, 0.2) is 11.4 Å². The first-order chi connectivity index (χ1) is 17.2. The highest BCUT2D eigenvalue weighted by atomic mass is 28.4. The summed E-state index contributed by atoms with van der Waals surface area (Å²) in [4.78, 5) is 25.4. The Morgan fingerprint density at radius 2 is 1.61 bits per heavy atom. The number of rotatable bonds is 7. The summed E-state index contributed by atoms with van der Waals surface area (Å²) >= 11 is 0. The number of aryl methyl sites for hydroxylation is 1. The zero-order valence-electron chi connectivity index (χ0n) is 21.5. The molecule has 7 heteroatoms. The van der Waals surface area contributed by atoms with Crippen LogP contribution >= 0.6 is 0 Å². The van der Waals surface area contributed by atoms with E-state index in [0.29, 0.717) is 18.8 Å². The van der Waals surface area contributed by atoms with Gasteiger partial charge in [0, 0.05) is 24.9 Å². The minimum absolute atomic E-state index is 0.110. The molecule has 0 radical (unpaired) electrons. The Morgan fingerprint density at radius 1 is 1.00 bits per heavy atom. The molecule has 0 saturated carbocycles. The summed E-state index contributed by atoms with van der Waals surface area (Å²) in [6.45, 7) is 7.88. The lowest BCUT2D eigenvalue weighted by atomic mass is 9.90. The van der Waals surface area contributed by atoms with Crippen molar-refractivity contribution in [3.05, 3.63) is 88.3 Å². The van der Waals surface area contributed by atoms with Gasteiger partial charge in [-0.2, -0.15) is 0 Å². The standard InChI is InChI=1S/C29H34N2O4Si/c1-28(2,3)36(22-11-7-5-8-12-22,23-13-9-6-10-14-23)35-18-17-29-16-15-21-19-24(32)26(34-4)25(31(21)29)27(33)30-20-29/h5-14,19H,15-18,20H2,1-4H3,(H,30,33). The van der Waals surface area contributed by atoms with Crippen molar-refractivity contribution in [1.82, 2.24) is 9.88 Å². The summed E-state index contributed by atoms with van der Waals surface area (Å²) in [5.41, 5.74) is 0.658. The van der Waals surface area contributed by atoms with Crippen LogP contribution in [0.5, 0.6) is 5.75 Å². The lowest BCUT2D eigenvalue weighted by Crippen LogP contribution is -2.67. The van der Waals surface area contributed by atoms with Crippen molar-refractivity contribution in [2.75, 3.05) is 20.3 Å². The molecular formula is C29H34N2O4Si. The van der Waals surface area contributed by atoms with Crippen molar-refractivity contribution in [2.24, 2.45) is 0 Å². The zero-order valence-corrected chi connectivity index (χ0v) is 22.5. The summed E-state index contributed by atoms with van der Waals surface area (Å²) in [7, 11) is -1.22. The molecular weight excluding hydrogens is 468 g/mol. The smallest absolute Gasteiger partial charge is 0.272 e. The van der Waals surface area contributed by atoms with E-state index in [9.17, 15) is 9.59 Å². The van der Waals surface area contributed by atoms with E-state index in [1.165, 1.54) is 17.5 Å². The fourth-order valence-corrected chi connectivity index (χ4v) is 10.8. The maximum Gasteiger partial charge on any atom is 0.272 e. The molecule has 0 saturated heterocycles. The number of amides is 1. The van der Waals surface area contributed by atoms with Crippen LogP contribution < -0.4 is 25.9 Å². The second-order valence-electron chi connectivity index (χ2n) is 10.9. The predicted octanol–water partition coefficient (Wildman–Crippen LogP) is 3.21. The Labute approximate surface area is 213 Å². The van der Waals surface area contributed by atoms with Crippen LogP contribution in [0, 0.1) is 0 Å². The van der Waals surface area contributed by atoms with Gasteiger partial charge in [-0.1, -0.05) is 81.4 Å². The van der Waals surface area contributed by atoms with E-state index in [2.05, 4.69) is 79.2 Å². The van der Waals surface area contributed by atoms with Crippen LogP contribution in [0.15, 0.2) is 71.5 Å². The Kier molecular flexibility index (Phi) is 6.17. The fraction of sp³-hybridized carbons (Fsp3) is 0.379. The van der Waals surface area contributed by atoms with Crippen LogP contribution in [0.2, 0.25) is 5.04 Å². The van der Waals surface area contributed by atoms with Crippen molar-refractivity contribution in [2.45, 2.75) is 50.6 Å². The molecule has 1 amide bonds. The molecule has 2 aromatic carbocycles. The van der Waals surface area contributed by atoms with Gasteiger partial charge in [-0.3, -0.25) is 9.59 Å². The van der Waals surface area contributed by atoms with Crippen molar-refractivity contribution in [3.63, 3.8) is 0 Å². The van der Waals surface area contributed by atoms with Gasteiger partial charge in [-0.25, -0.2) is 0 Å². The molecule has 3 heterocycles. The molecule has 0 fully saturated rings. The number of hydrogen-bond donors (Lipinski definition) is 1. The van der Waals surface area contributed by atoms with Crippen molar-refractivity contribution < 1.29 is 14.0 Å². The monoisotopic (exact) mass is 502 g/mol. The third-order valence-electron chi connectivity index (χ3n) is 7.87. The van der Waals surface area contributed by atoms with Crippen molar-refractivity contribution in [1.29, 1.82) is 0 Å². The van der Waals surface area contributed by atoms with Crippen molar-refractivity contribution >= 4 is 24.6 Å². The average Bonchev–Trinajstić information content (AvgIpc) is 3.23. The van der Waals surface area contributed by atoms with E-state index in [4.69, 9.17) is 9.16 Å². The number of carbonyl (C=O) groups excluding carboxylic acids is 1. The number of carbonyl (C=O) groups is 1. The molecule has 2 aliphatic rings. The summed E-state index contributed by atoms with van der Waals surface area (Å²) in [5, 5.41) is 5.42. The highest BCUT2D eigenvalue weighted by molar-refractivity contribution is 6.99. The molecule has 5 rings (SSSR count). The minimum Gasteiger partial charge on any atom is -0.491 e. The summed E-state index contributed by atoms with van der Waals surface area (Å²) < 4.78 is 14.6. The van der Waals surface area contributed by atoms with Crippen LogP contribution in [0.4, 0.5) is 0 Å². The molecule has 3 aromatic rings. The van der Waals surface area contributed by atoms with Gasteiger partial charge in [-0.15, -0.1) is 0 Å². The fourth-order valence-electron chi connectivity index (χ4n) is 6.22. The van der Waals surface area contributed by atoms with Crippen LogP contribution in [-0.4, -0.2) is 39.1 Å².